The van der Waals surface area contributed by atoms with Crippen molar-refractivity contribution in [1.82, 2.24) is 10.2 Å². The molecule has 0 aromatic heterocycles. The Bertz CT molecular complexity index is 655. The second-order valence-electron chi connectivity index (χ2n) is 10.3. The number of nitrogens with zero attached hydrogens (tertiary/aromatic N) is 1. The van der Waals surface area contributed by atoms with E-state index in [1.807, 2.05) is 13.8 Å². The molecule has 5 fully saturated rings. The van der Waals surface area contributed by atoms with E-state index in [0.29, 0.717) is 17.8 Å². The molecule has 1 saturated heterocycles. The lowest BCUT2D eigenvalue weighted by atomic mass is 9.49. The number of nitrogens with one attached hydrogen (secondary N) is 1. The van der Waals surface area contributed by atoms with Gasteiger partial charge in [0.25, 0.3) is 5.91 Å². The number of β-amino-alcohol motifs (C(OH)–C–C–N with tert-alkyl or cyclic N) is 1. The number of carbonyl (C=O) groups excluding carboxylic acids is 3. The summed E-state index contributed by atoms with van der Waals surface area (Å²) in [5.74, 6) is 0.958. The minimum absolute atomic E-state index is 0.0226. The van der Waals surface area contributed by atoms with E-state index in [4.69, 9.17) is 4.74 Å². The molecule has 162 valence electrons. The summed E-state index contributed by atoms with van der Waals surface area (Å²) in [6.45, 7) is 5.39. The van der Waals surface area contributed by atoms with E-state index in [1.54, 1.807) is 4.90 Å². The second kappa shape index (κ2) is 7.56. The van der Waals surface area contributed by atoms with E-state index in [0.717, 1.165) is 19.3 Å². The van der Waals surface area contributed by atoms with Crippen LogP contribution in [0.4, 0.5) is 0 Å². The van der Waals surface area contributed by atoms with Crippen LogP contribution in [0.5, 0.6) is 0 Å². The van der Waals surface area contributed by atoms with Gasteiger partial charge in [-0.1, -0.05) is 0 Å². The number of esters is 1. The number of rotatable bonds is 5. The first kappa shape index (κ1) is 20.6. The number of ether oxygens (including phenoxy) is 1. The quantitative estimate of drug-likeness (QED) is 0.677. The van der Waals surface area contributed by atoms with Crippen LogP contribution in [0.2, 0.25) is 0 Å². The topological polar surface area (TPSA) is 95.9 Å². The summed E-state index contributed by atoms with van der Waals surface area (Å²) in [7, 11) is 0. The number of hydrogen-bond acceptors (Lipinski definition) is 5. The molecule has 7 heteroatoms. The summed E-state index contributed by atoms with van der Waals surface area (Å²) >= 11 is 0. The molecule has 4 bridgehead atoms. The Hall–Kier alpha value is -1.63. The standard InChI is InChI=1S/C22H34N2O5/c1-12(2)23-19(26)13(3)29-20(27)18-7-17(25)11-24(18)21(28)22-8-14-4-15(9-22)6-16(5-14)10-22/h12-18,25H,4-11H2,1-3H3,(H,23,26)/t13?,14?,15?,16?,17?,18-,22?/m0/s1. The summed E-state index contributed by atoms with van der Waals surface area (Å²) in [6, 6.07) is -0.856. The zero-order valence-electron chi connectivity index (χ0n) is 17.7. The van der Waals surface area contributed by atoms with Crippen molar-refractivity contribution in [3.8, 4) is 0 Å². The summed E-state index contributed by atoms with van der Waals surface area (Å²) in [4.78, 5) is 40.1. The zero-order valence-corrected chi connectivity index (χ0v) is 17.7. The highest BCUT2D eigenvalue weighted by Crippen LogP contribution is 2.60. The summed E-state index contributed by atoms with van der Waals surface area (Å²) in [6.07, 6.45) is 4.98. The molecule has 7 nitrogen and oxygen atoms in total. The van der Waals surface area contributed by atoms with Crippen molar-refractivity contribution in [3.63, 3.8) is 0 Å². The lowest BCUT2D eigenvalue weighted by Crippen LogP contribution is -2.56. The van der Waals surface area contributed by atoms with Gasteiger partial charge in [0.2, 0.25) is 5.91 Å². The SMILES string of the molecule is CC(C)NC(=O)C(C)OC(=O)[C@@H]1CC(O)CN1C(=O)C12CC3CC(CC(C3)C1)C2. The molecule has 5 aliphatic rings. The van der Waals surface area contributed by atoms with E-state index in [-0.39, 0.29) is 36.2 Å². The maximum absolute atomic E-state index is 13.7. The fraction of sp³-hybridized carbons (Fsp3) is 0.864. The molecule has 0 spiro atoms. The molecule has 3 atom stereocenters. The molecule has 29 heavy (non-hydrogen) atoms. The van der Waals surface area contributed by atoms with Gasteiger partial charge in [-0.2, -0.15) is 0 Å². The van der Waals surface area contributed by atoms with E-state index in [2.05, 4.69) is 5.32 Å². The fourth-order valence-electron chi connectivity index (χ4n) is 6.65. The minimum atomic E-state index is -0.931. The van der Waals surface area contributed by atoms with Gasteiger partial charge in [-0.25, -0.2) is 4.79 Å². The Kier molecular flexibility index (Phi) is 5.38. The predicted molar refractivity (Wildman–Crippen MR) is 106 cm³/mol. The van der Waals surface area contributed by atoms with Crippen LogP contribution in [0.3, 0.4) is 0 Å². The van der Waals surface area contributed by atoms with Gasteiger partial charge in [-0.3, -0.25) is 9.59 Å². The first-order valence-electron chi connectivity index (χ1n) is 11.2. The van der Waals surface area contributed by atoms with Gasteiger partial charge in [-0.15, -0.1) is 0 Å². The third-order valence-corrected chi connectivity index (χ3v) is 7.40. The van der Waals surface area contributed by atoms with Crippen LogP contribution < -0.4 is 5.32 Å². The molecule has 0 radical (unpaired) electrons. The highest BCUT2D eigenvalue weighted by molar-refractivity contribution is 5.90. The molecule has 5 rings (SSSR count). The van der Waals surface area contributed by atoms with Gasteiger partial charge >= 0.3 is 5.97 Å². The van der Waals surface area contributed by atoms with Crippen LogP contribution >= 0.6 is 0 Å². The minimum Gasteiger partial charge on any atom is -0.451 e. The van der Waals surface area contributed by atoms with Gasteiger partial charge in [0.15, 0.2) is 6.10 Å². The Morgan fingerprint density at radius 1 is 1.00 bits per heavy atom. The van der Waals surface area contributed by atoms with E-state index in [1.165, 1.54) is 26.2 Å². The summed E-state index contributed by atoms with van der Waals surface area (Å²) < 4.78 is 5.39. The maximum Gasteiger partial charge on any atom is 0.329 e. The van der Waals surface area contributed by atoms with Crippen molar-refractivity contribution in [3.05, 3.63) is 0 Å². The van der Waals surface area contributed by atoms with Crippen LogP contribution in [0.25, 0.3) is 0 Å². The van der Waals surface area contributed by atoms with Crippen molar-refractivity contribution in [2.75, 3.05) is 6.54 Å². The first-order chi connectivity index (χ1) is 13.7. The lowest BCUT2D eigenvalue weighted by Gasteiger charge is -2.56. The maximum atomic E-state index is 13.7. The average Bonchev–Trinajstić information content (AvgIpc) is 3.01. The molecule has 0 aromatic carbocycles. The number of hydrogen-bond donors (Lipinski definition) is 2. The van der Waals surface area contributed by atoms with E-state index in [9.17, 15) is 19.5 Å². The second-order valence-corrected chi connectivity index (χ2v) is 10.3. The van der Waals surface area contributed by atoms with Gasteiger partial charge in [0, 0.05) is 19.0 Å². The molecule has 4 saturated carbocycles. The Morgan fingerprint density at radius 2 is 1.55 bits per heavy atom. The molecular formula is C22H34N2O5. The van der Waals surface area contributed by atoms with Gasteiger partial charge < -0.3 is 20.1 Å². The molecular weight excluding hydrogens is 372 g/mol. The van der Waals surface area contributed by atoms with Crippen LogP contribution in [0, 0.1) is 23.2 Å². The Balaban J connectivity index is 1.46. The van der Waals surface area contributed by atoms with Gasteiger partial charge in [0.1, 0.15) is 6.04 Å². The fourth-order valence-corrected chi connectivity index (χ4v) is 6.65. The molecule has 1 heterocycles. The highest BCUT2D eigenvalue weighted by atomic mass is 16.5. The molecule has 2 unspecified atom stereocenters. The van der Waals surface area contributed by atoms with Crippen molar-refractivity contribution in [2.45, 2.75) is 90.0 Å². The number of aliphatic hydroxyl groups excluding tert-OH is 1. The third-order valence-electron chi connectivity index (χ3n) is 7.40. The molecule has 2 amide bonds. The van der Waals surface area contributed by atoms with E-state index >= 15 is 0 Å². The summed E-state index contributed by atoms with van der Waals surface area (Å²) in [5.41, 5.74) is -0.363. The van der Waals surface area contributed by atoms with Crippen molar-refractivity contribution >= 4 is 17.8 Å². The summed E-state index contributed by atoms with van der Waals surface area (Å²) in [5, 5.41) is 13.0. The largest absolute Gasteiger partial charge is 0.451 e. The normalized spacial score (nSPS) is 38.9. The molecule has 0 aromatic rings. The van der Waals surface area contributed by atoms with Crippen LogP contribution in [0.1, 0.15) is 65.7 Å². The Morgan fingerprint density at radius 3 is 2.07 bits per heavy atom. The monoisotopic (exact) mass is 406 g/mol. The van der Waals surface area contributed by atoms with Crippen LogP contribution in [0.15, 0.2) is 0 Å². The van der Waals surface area contributed by atoms with Gasteiger partial charge in [0.05, 0.1) is 11.5 Å². The average molecular weight is 407 g/mol. The van der Waals surface area contributed by atoms with Crippen LogP contribution in [-0.2, 0) is 19.1 Å². The molecule has 4 aliphatic carbocycles. The smallest absolute Gasteiger partial charge is 0.329 e. The lowest BCUT2D eigenvalue weighted by molar-refractivity contribution is -0.168. The van der Waals surface area contributed by atoms with Crippen molar-refractivity contribution < 1.29 is 24.2 Å². The molecule has 1 aliphatic heterocycles. The number of aliphatic hydroxyl groups is 1. The first-order valence-corrected chi connectivity index (χ1v) is 11.2. The van der Waals surface area contributed by atoms with Crippen LogP contribution in [-0.4, -0.2) is 58.6 Å². The number of likely N-dealkylation sites (tertiary alicyclic amines) is 1. The highest BCUT2D eigenvalue weighted by Gasteiger charge is 2.57. The van der Waals surface area contributed by atoms with Crippen molar-refractivity contribution in [2.24, 2.45) is 23.2 Å². The number of amides is 2. The Labute approximate surface area is 172 Å². The van der Waals surface area contributed by atoms with E-state index < -0.39 is 24.2 Å². The zero-order chi connectivity index (χ0) is 20.9. The van der Waals surface area contributed by atoms with Gasteiger partial charge in [-0.05, 0) is 77.0 Å². The predicted octanol–water partition coefficient (Wildman–Crippen LogP) is 1.62. The number of carbonyl (C=O) groups is 3. The third kappa shape index (κ3) is 3.90. The van der Waals surface area contributed by atoms with Crippen molar-refractivity contribution in [1.29, 1.82) is 0 Å². The molecule has 2 N–H and O–H groups in total.